The molecule has 0 aromatic rings. The monoisotopic (exact) mass is 556 g/mol. The Balaban J connectivity index is 2.10. The van der Waals surface area contributed by atoms with Gasteiger partial charge in [0.2, 0.25) is 0 Å². The van der Waals surface area contributed by atoms with Crippen LogP contribution in [0.4, 0.5) is 0 Å². The molecule has 0 spiro atoms. The number of ether oxygens (including phenoxy) is 3. The number of aliphatic hydroxyl groups is 4. The van der Waals surface area contributed by atoms with Crippen molar-refractivity contribution >= 4 is 16.1 Å². The second kappa shape index (κ2) is 19.2. The van der Waals surface area contributed by atoms with Crippen molar-refractivity contribution in [1.29, 1.82) is 0 Å². The molecule has 11 nitrogen and oxygen atoms in total. The third-order valence-corrected chi connectivity index (χ3v) is 7.17. The number of unbranched alkanes of at least 4 members (excludes halogenated alkanes) is 12. The summed E-state index contributed by atoms with van der Waals surface area (Å²) in [6.07, 6.45) is 6.23. The van der Waals surface area contributed by atoms with Gasteiger partial charge in [-0.3, -0.25) is 9.35 Å². The molecule has 1 rings (SSSR count). The maximum Gasteiger partial charge on any atom is 0.305 e. The van der Waals surface area contributed by atoms with E-state index in [0.29, 0.717) is 6.42 Å². The van der Waals surface area contributed by atoms with Crippen LogP contribution in [0.5, 0.6) is 0 Å². The highest BCUT2D eigenvalue weighted by Crippen LogP contribution is 2.23. The predicted molar refractivity (Wildman–Crippen MR) is 136 cm³/mol. The maximum atomic E-state index is 11.9. The van der Waals surface area contributed by atoms with E-state index >= 15 is 0 Å². The predicted octanol–water partition coefficient (Wildman–Crippen LogP) is 2.08. The number of esters is 1. The molecule has 220 valence electrons. The zero-order valence-electron chi connectivity index (χ0n) is 22.1. The van der Waals surface area contributed by atoms with Crippen LogP contribution in [0, 0.1) is 0 Å². The van der Waals surface area contributed by atoms with Crippen molar-refractivity contribution in [3.05, 3.63) is 0 Å². The van der Waals surface area contributed by atoms with Gasteiger partial charge >= 0.3 is 5.97 Å². The highest BCUT2D eigenvalue weighted by atomic mass is 32.2. The minimum absolute atomic E-state index is 0.247. The molecule has 1 saturated heterocycles. The molecule has 5 N–H and O–H groups in total. The summed E-state index contributed by atoms with van der Waals surface area (Å²) in [4.78, 5) is 11.9. The Morgan fingerprint density at radius 3 is 1.84 bits per heavy atom. The van der Waals surface area contributed by atoms with E-state index in [0.717, 1.165) is 19.3 Å². The molecule has 0 aromatic carbocycles. The Morgan fingerprint density at radius 1 is 0.811 bits per heavy atom. The molecule has 0 saturated carbocycles. The molecule has 6 atom stereocenters. The lowest BCUT2D eigenvalue weighted by atomic mass is 10.00. The van der Waals surface area contributed by atoms with Gasteiger partial charge < -0.3 is 34.6 Å². The highest BCUT2D eigenvalue weighted by molar-refractivity contribution is 7.85. The van der Waals surface area contributed by atoms with Crippen molar-refractivity contribution in [3.63, 3.8) is 0 Å². The van der Waals surface area contributed by atoms with E-state index in [1.165, 1.54) is 57.8 Å². The van der Waals surface area contributed by atoms with Crippen LogP contribution in [0.15, 0.2) is 0 Å². The van der Waals surface area contributed by atoms with Crippen LogP contribution < -0.4 is 0 Å². The van der Waals surface area contributed by atoms with Gasteiger partial charge in [0.25, 0.3) is 10.1 Å². The number of rotatable bonds is 21. The largest absolute Gasteiger partial charge is 0.463 e. The normalized spacial score (nSPS) is 25.2. The van der Waals surface area contributed by atoms with Gasteiger partial charge in [-0.25, -0.2) is 0 Å². The molecule has 1 unspecified atom stereocenters. The summed E-state index contributed by atoms with van der Waals surface area (Å²) in [6.45, 7) is 1.43. The SMILES string of the molecule is CCCCCCCCCCCCCCCC(=O)OCC(O)CO[C@@H]1O[C@H](CS(=O)(=O)O)[C@@H](O)[C@H](O)[C@H]1O. The van der Waals surface area contributed by atoms with Crippen LogP contribution in [0.25, 0.3) is 0 Å². The molecule has 12 heteroatoms. The van der Waals surface area contributed by atoms with Crippen LogP contribution in [0.1, 0.15) is 96.8 Å². The van der Waals surface area contributed by atoms with E-state index < -0.39 is 65.3 Å². The topological polar surface area (TPSA) is 180 Å². The van der Waals surface area contributed by atoms with Gasteiger partial charge in [0.1, 0.15) is 42.9 Å². The van der Waals surface area contributed by atoms with Crippen molar-refractivity contribution < 1.29 is 52.4 Å². The van der Waals surface area contributed by atoms with Crippen molar-refractivity contribution in [1.82, 2.24) is 0 Å². The van der Waals surface area contributed by atoms with Crippen LogP contribution in [-0.4, -0.2) is 95.1 Å². The molecule has 1 fully saturated rings. The summed E-state index contributed by atoms with van der Waals surface area (Å²) < 4.78 is 46.4. The lowest BCUT2D eigenvalue weighted by Gasteiger charge is -2.40. The molecule has 37 heavy (non-hydrogen) atoms. The second-order valence-corrected chi connectivity index (χ2v) is 11.4. The van der Waals surface area contributed by atoms with Crippen molar-refractivity contribution in [2.24, 2.45) is 0 Å². The minimum Gasteiger partial charge on any atom is -0.463 e. The summed E-state index contributed by atoms with van der Waals surface area (Å²) in [5.41, 5.74) is 0. The zero-order chi connectivity index (χ0) is 27.7. The van der Waals surface area contributed by atoms with Crippen molar-refractivity contribution in [2.75, 3.05) is 19.0 Å². The summed E-state index contributed by atoms with van der Waals surface area (Å²) >= 11 is 0. The zero-order valence-corrected chi connectivity index (χ0v) is 22.9. The fourth-order valence-electron chi connectivity index (χ4n) is 4.20. The molecule has 1 aliphatic rings. The Kier molecular flexibility index (Phi) is 17.8. The van der Waals surface area contributed by atoms with Crippen LogP contribution in [0.2, 0.25) is 0 Å². The number of hydrogen-bond donors (Lipinski definition) is 5. The Labute approximate surface area is 221 Å². The Bertz CT molecular complexity index is 703. The Hall–Kier alpha value is -0.860. The van der Waals surface area contributed by atoms with E-state index in [1.54, 1.807) is 0 Å². The van der Waals surface area contributed by atoms with Crippen LogP contribution in [-0.2, 0) is 29.1 Å². The smallest absolute Gasteiger partial charge is 0.305 e. The first-order chi connectivity index (χ1) is 17.5. The molecular formula is C25H48O11S. The van der Waals surface area contributed by atoms with Gasteiger partial charge in [-0.05, 0) is 6.42 Å². The molecule has 0 aromatic heterocycles. The number of carbonyl (C=O) groups excluding carboxylic acids is 1. The van der Waals surface area contributed by atoms with Gasteiger partial charge in [0.05, 0.1) is 6.61 Å². The van der Waals surface area contributed by atoms with Crippen molar-refractivity contribution in [3.8, 4) is 0 Å². The van der Waals surface area contributed by atoms with Gasteiger partial charge in [-0.2, -0.15) is 8.42 Å². The fraction of sp³-hybridized carbons (Fsp3) is 0.960. The molecule has 0 aliphatic carbocycles. The van der Waals surface area contributed by atoms with Crippen LogP contribution >= 0.6 is 0 Å². The first-order valence-corrected chi connectivity index (χ1v) is 15.3. The lowest BCUT2D eigenvalue weighted by molar-refractivity contribution is -0.296. The average Bonchev–Trinajstić information content (AvgIpc) is 2.84. The average molecular weight is 557 g/mol. The molecule has 1 heterocycles. The summed E-state index contributed by atoms with van der Waals surface area (Å²) in [5.74, 6) is -1.46. The van der Waals surface area contributed by atoms with Gasteiger partial charge in [0, 0.05) is 6.42 Å². The van der Waals surface area contributed by atoms with E-state index in [2.05, 4.69) is 6.92 Å². The third kappa shape index (κ3) is 16.0. The fourth-order valence-corrected chi connectivity index (χ4v) is 4.89. The summed E-state index contributed by atoms with van der Waals surface area (Å²) in [6, 6.07) is 0. The maximum absolute atomic E-state index is 11.9. The van der Waals surface area contributed by atoms with Gasteiger partial charge in [0.15, 0.2) is 6.29 Å². The number of aliphatic hydroxyl groups excluding tert-OH is 4. The molecular weight excluding hydrogens is 508 g/mol. The number of carbonyl (C=O) groups is 1. The minimum atomic E-state index is -4.53. The molecule has 0 amide bonds. The van der Waals surface area contributed by atoms with E-state index in [9.17, 15) is 33.6 Å². The summed E-state index contributed by atoms with van der Waals surface area (Å²) in [5, 5.41) is 39.7. The van der Waals surface area contributed by atoms with Gasteiger partial charge in [-0.15, -0.1) is 0 Å². The third-order valence-electron chi connectivity index (χ3n) is 6.42. The Morgan fingerprint density at radius 2 is 1.32 bits per heavy atom. The highest BCUT2D eigenvalue weighted by Gasteiger charge is 2.45. The summed E-state index contributed by atoms with van der Waals surface area (Å²) in [7, 11) is -4.53. The second-order valence-electron chi connectivity index (χ2n) is 9.93. The quantitative estimate of drug-likeness (QED) is 0.0793. The standard InChI is InChI=1S/C25H48O11S/c1-2-3-4-5-6-7-8-9-10-11-12-13-14-15-21(27)34-16-19(26)17-35-25-24(30)23(29)22(28)20(36-25)18-37(31,32)33/h19-20,22-26,28-30H,2-18H2,1H3,(H,31,32,33)/t19?,20-,22-,23+,24-,25-/m1/s1. The molecule has 1 aliphatic heterocycles. The first kappa shape index (κ1) is 34.2. The van der Waals surface area contributed by atoms with Gasteiger partial charge in [-0.1, -0.05) is 84.0 Å². The van der Waals surface area contributed by atoms with E-state index in [4.69, 9.17) is 18.8 Å². The lowest BCUT2D eigenvalue weighted by Crippen LogP contribution is -2.60. The number of hydrogen-bond acceptors (Lipinski definition) is 10. The van der Waals surface area contributed by atoms with Crippen molar-refractivity contribution in [2.45, 2.75) is 134 Å². The first-order valence-electron chi connectivity index (χ1n) is 13.6. The molecule has 0 radical (unpaired) electrons. The molecule has 0 bridgehead atoms. The van der Waals surface area contributed by atoms with E-state index in [-0.39, 0.29) is 13.0 Å². The van der Waals surface area contributed by atoms with Crippen LogP contribution in [0.3, 0.4) is 0 Å². The van der Waals surface area contributed by atoms with E-state index in [1.807, 2.05) is 0 Å².